The average molecular weight is 482 g/mol. The van der Waals surface area contributed by atoms with Crippen LogP contribution in [0.15, 0.2) is 66.3 Å². The van der Waals surface area contributed by atoms with Gasteiger partial charge in [0.05, 0.1) is 31.7 Å². The highest BCUT2D eigenvalue weighted by atomic mass is 32.2. The molecular weight excluding hydrogens is 454 g/mol. The van der Waals surface area contributed by atoms with E-state index in [1.165, 1.54) is 11.8 Å². The summed E-state index contributed by atoms with van der Waals surface area (Å²) in [7, 11) is 3.12. The Labute approximate surface area is 202 Å². The number of methoxy groups -OCH3 is 2. The number of ether oxygens (including phenoxy) is 2. The van der Waals surface area contributed by atoms with Crippen molar-refractivity contribution in [2.24, 2.45) is 0 Å². The Kier molecular flexibility index (Phi) is 8.69. The second-order valence-corrected chi connectivity index (χ2v) is 8.14. The SMILES string of the molecule is C=CCn1c(SCC(=O)Nc2ccccc2OC)nnc1C(C)NC(=O)c1ccc(OC)cc1. The van der Waals surface area contributed by atoms with Crippen LogP contribution in [-0.4, -0.2) is 46.6 Å². The number of para-hydroxylation sites is 2. The molecule has 9 nitrogen and oxygen atoms in total. The summed E-state index contributed by atoms with van der Waals surface area (Å²) in [6, 6.07) is 13.6. The Morgan fingerprint density at radius 3 is 2.53 bits per heavy atom. The first-order valence-electron chi connectivity index (χ1n) is 10.5. The molecule has 0 spiro atoms. The second-order valence-electron chi connectivity index (χ2n) is 7.20. The van der Waals surface area contributed by atoms with Gasteiger partial charge in [-0.15, -0.1) is 16.8 Å². The lowest BCUT2D eigenvalue weighted by atomic mass is 10.2. The van der Waals surface area contributed by atoms with Crippen molar-refractivity contribution in [2.45, 2.75) is 24.7 Å². The van der Waals surface area contributed by atoms with E-state index in [4.69, 9.17) is 9.47 Å². The van der Waals surface area contributed by atoms with Crippen LogP contribution in [0.3, 0.4) is 0 Å². The van der Waals surface area contributed by atoms with Crippen molar-refractivity contribution in [2.75, 3.05) is 25.3 Å². The Morgan fingerprint density at radius 1 is 1.12 bits per heavy atom. The molecule has 0 bridgehead atoms. The number of benzene rings is 2. The smallest absolute Gasteiger partial charge is 0.251 e. The van der Waals surface area contributed by atoms with Gasteiger partial charge in [0.25, 0.3) is 5.91 Å². The van der Waals surface area contributed by atoms with E-state index in [9.17, 15) is 9.59 Å². The van der Waals surface area contributed by atoms with Gasteiger partial charge in [-0.2, -0.15) is 0 Å². The average Bonchev–Trinajstić information content (AvgIpc) is 3.26. The predicted octanol–water partition coefficient (Wildman–Crippen LogP) is 3.70. The number of amides is 2. The third-order valence-corrected chi connectivity index (χ3v) is 5.82. The first kappa shape index (κ1) is 24.8. The summed E-state index contributed by atoms with van der Waals surface area (Å²) >= 11 is 1.25. The summed E-state index contributed by atoms with van der Waals surface area (Å²) in [6.07, 6.45) is 1.71. The van der Waals surface area contributed by atoms with Crippen molar-refractivity contribution < 1.29 is 19.1 Å². The summed E-state index contributed by atoms with van der Waals surface area (Å²) in [6.45, 7) is 6.05. The van der Waals surface area contributed by atoms with E-state index >= 15 is 0 Å². The molecule has 0 aliphatic heterocycles. The normalized spacial score (nSPS) is 11.4. The number of hydrogen-bond donors (Lipinski definition) is 2. The van der Waals surface area contributed by atoms with Gasteiger partial charge in [-0.25, -0.2) is 0 Å². The van der Waals surface area contributed by atoms with Crippen LogP contribution in [0.1, 0.15) is 29.1 Å². The van der Waals surface area contributed by atoms with E-state index in [0.29, 0.717) is 40.3 Å². The Hall–Kier alpha value is -3.79. The number of carbonyl (C=O) groups is 2. The van der Waals surface area contributed by atoms with Crippen LogP contribution < -0.4 is 20.1 Å². The second kappa shape index (κ2) is 11.9. The number of thioether (sulfide) groups is 1. The summed E-state index contributed by atoms with van der Waals surface area (Å²) in [4.78, 5) is 25.1. The zero-order valence-corrected chi connectivity index (χ0v) is 20.1. The minimum absolute atomic E-state index is 0.125. The van der Waals surface area contributed by atoms with Gasteiger partial charge in [0.1, 0.15) is 11.5 Å². The largest absolute Gasteiger partial charge is 0.497 e. The van der Waals surface area contributed by atoms with Crippen molar-refractivity contribution in [3.63, 3.8) is 0 Å². The molecule has 1 heterocycles. The van der Waals surface area contributed by atoms with Gasteiger partial charge in [-0.1, -0.05) is 30.0 Å². The van der Waals surface area contributed by atoms with Crippen molar-refractivity contribution in [3.05, 3.63) is 72.6 Å². The third-order valence-electron chi connectivity index (χ3n) is 4.86. The zero-order valence-electron chi connectivity index (χ0n) is 19.3. The first-order valence-corrected chi connectivity index (χ1v) is 11.5. The number of rotatable bonds is 11. The van der Waals surface area contributed by atoms with Gasteiger partial charge in [0.15, 0.2) is 11.0 Å². The summed E-state index contributed by atoms with van der Waals surface area (Å²) < 4.78 is 12.2. The van der Waals surface area contributed by atoms with Crippen LogP contribution in [0.4, 0.5) is 5.69 Å². The van der Waals surface area contributed by atoms with Gasteiger partial charge < -0.3 is 24.7 Å². The molecule has 1 aromatic heterocycles. The lowest BCUT2D eigenvalue weighted by Gasteiger charge is -2.15. The Morgan fingerprint density at radius 2 is 1.85 bits per heavy atom. The topological polar surface area (TPSA) is 107 Å². The molecule has 34 heavy (non-hydrogen) atoms. The molecule has 10 heteroatoms. The number of nitrogens with zero attached hydrogens (tertiary/aromatic N) is 3. The van der Waals surface area contributed by atoms with Crippen LogP contribution in [0.25, 0.3) is 0 Å². The molecule has 0 radical (unpaired) electrons. The zero-order chi connectivity index (χ0) is 24.5. The molecule has 0 aliphatic carbocycles. The number of hydrogen-bond acceptors (Lipinski definition) is 7. The van der Waals surface area contributed by atoms with Crippen molar-refractivity contribution in [1.29, 1.82) is 0 Å². The molecule has 178 valence electrons. The maximum Gasteiger partial charge on any atom is 0.251 e. The molecule has 2 N–H and O–H groups in total. The van der Waals surface area contributed by atoms with Gasteiger partial charge in [-0.3, -0.25) is 9.59 Å². The van der Waals surface area contributed by atoms with Crippen LogP contribution in [-0.2, 0) is 11.3 Å². The van der Waals surface area contributed by atoms with Gasteiger partial charge >= 0.3 is 0 Å². The molecule has 0 saturated heterocycles. The van der Waals surface area contributed by atoms with Gasteiger partial charge in [-0.05, 0) is 43.3 Å². The molecule has 3 rings (SSSR count). The standard InChI is InChI=1S/C24H27N5O4S/c1-5-14-29-22(16(2)25-23(31)17-10-12-18(32-3)13-11-17)27-28-24(29)34-15-21(30)26-19-8-6-7-9-20(19)33-4/h5-13,16H,1,14-15H2,2-4H3,(H,25,31)(H,26,30). The van der Waals surface area contributed by atoms with Crippen LogP contribution in [0.5, 0.6) is 11.5 Å². The summed E-state index contributed by atoms with van der Waals surface area (Å²) in [5.41, 5.74) is 1.10. The number of anilines is 1. The quantitative estimate of drug-likeness (QED) is 0.318. The van der Waals surface area contributed by atoms with E-state index in [1.54, 1.807) is 56.7 Å². The van der Waals surface area contributed by atoms with E-state index < -0.39 is 6.04 Å². The number of nitrogens with one attached hydrogen (secondary N) is 2. The summed E-state index contributed by atoms with van der Waals surface area (Å²) in [5, 5.41) is 14.8. The fourth-order valence-electron chi connectivity index (χ4n) is 3.18. The monoisotopic (exact) mass is 481 g/mol. The van der Waals surface area contributed by atoms with E-state index in [2.05, 4.69) is 27.4 Å². The number of aromatic nitrogens is 3. The molecule has 0 saturated carbocycles. The Balaban J connectivity index is 1.66. The molecule has 1 atom stereocenters. The number of carbonyl (C=O) groups excluding carboxylic acids is 2. The fourth-order valence-corrected chi connectivity index (χ4v) is 3.93. The van der Waals surface area contributed by atoms with E-state index in [1.807, 2.05) is 23.6 Å². The maximum atomic E-state index is 12.6. The highest BCUT2D eigenvalue weighted by Gasteiger charge is 2.20. The third kappa shape index (κ3) is 6.16. The Bertz CT molecular complexity index is 1150. The van der Waals surface area contributed by atoms with Crippen molar-refractivity contribution >= 4 is 29.3 Å². The van der Waals surface area contributed by atoms with Crippen LogP contribution in [0.2, 0.25) is 0 Å². The molecule has 3 aromatic rings. The first-order chi connectivity index (χ1) is 16.5. The number of allylic oxidation sites excluding steroid dienone is 1. The maximum absolute atomic E-state index is 12.6. The molecular formula is C24H27N5O4S. The summed E-state index contributed by atoms with van der Waals surface area (Å²) in [5.74, 6) is 1.50. The van der Waals surface area contributed by atoms with Crippen LogP contribution >= 0.6 is 11.8 Å². The van der Waals surface area contributed by atoms with Gasteiger partial charge in [0, 0.05) is 12.1 Å². The molecule has 1 unspecified atom stereocenters. The highest BCUT2D eigenvalue weighted by molar-refractivity contribution is 7.99. The van der Waals surface area contributed by atoms with Gasteiger partial charge in [0.2, 0.25) is 5.91 Å². The lowest BCUT2D eigenvalue weighted by Crippen LogP contribution is -2.28. The molecule has 0 aliphatic rings. The minimum Gasteiger partial charge on any atom is -0.497 e. The molecule has 2 aromatic carbocycles. The van der Waals surface area contributed by atoms with Crippen molar-refractivity contribution in [1.82, 2.24) is 20.1 Å². The van der Waals surface area contributed by atoms with E-state index in [-0.39, 0.29) is 17.6 Å². The van der Waals surface area contributed by atoms with Crippen LogP contribution in [0, 0.1) is 0 Å². The molecule has 2 amide bonds. The van der Waals surface area contributed by atoms with Crippen molar-refractivity contribution in [3.8, 4) is 11.5 Å². The van der Waals surface area contributed by atoms with E-state index in [0.717, 1.165) is 0 Å². The predicted molar refractivity (Wildman–Crippen MR) is 131 cm³/mol. The fraction of sp³-hybridized carbons (Fsp3) is 0.250. The minimum atomic E-state index is -0.418. The lowest BCUT2D eigenvalue weighted by molar-refractivity contribution is -0.113. The highest BCUT2D eigenvalue weighted by Crippen LogP contribution is 2.25. The molecule has 0 fully saturated rings.